The molecule has 0 aliphatic heterocycles. The lowest BCUT2D eigenvalue weighted by atomic mass is 9.93. The van der Waals surface area contributed by atoms with Gasteiger partial charge in [-0.15, -0.1) is 0 Å². The minimum absolute atomic E-state index is 0.203. The molecule has 0 spiro atoms. The minimum atomic E-state index is -1.08. The van der Waals surface area contributed by atoms with Crippen molar-refractivity contribution in [2.24, 2.45) is 5.73 Å². The molecule has 3 nitrogen and oxygen atoms in total. The maximum atomic E-state index is 13.5. The highest BCUT2D eigenvalue weighted by Crippen LogP contribution is 2.26. The Balaban J connectivity index is 2.97. The molecule has 1 atom stereocenters. The van der Waals surface area contributed by atoms with Gasteiger partial charge in [0, 0.05) is 0 Å². The molecule has 1 rings (SSSR count). The Hall–Kier alpha value is -1.13. The molecule has 90 valence electrons. The number of halogens is 1. The molecule has 1 aromatic rings. The van der Waals surface area contributed by atoms with Crippen molar-refractivity contribution in [3.05, 3.63) is 29.6 Å². The third kappa shape index (κ3) is 2.93. The van der Waals surface area contributed by atoms with Gasteiger partial charge in [0.15, 0.2) is 11.6 Å². The molecule has 0 fully saturated rings. The van der Waals surface area contributed by atoms with Gasteiger partial charge in [-0.3, -0.25) is 0 Å². The number of ether oxygens (including phenoxy) is 1. The van der Waals surface area contributed by atoms with E-state index in [-0.39, 0.29) is 5.75 Å². The maximum absolute atomic E-state index is 13.5. The predicted octanol–water partition coefficient (Wildman–Crippen LogP) is 2.00. The Bertz CT molecular complexity index is 361. The first kappa shape index (κ1) is 12.9. The summed E-state index contributed by atoms with van der Waals surface area (Å²) in [6.45, 7) is 5.38. The third-order valence-electron chi connectivity index (χ3n) is 2.38. The smallest absolute Gasteiger partial charge is 0.165 e. The molecule has 0 amide bonds. The highest BCUT2D eigenvalue weighted by Gasteiger charge is 2.25. The lowest BCUT2D eigenvalue weighted by Crippen LogP contribution is -2.35. The Kier molecular flexibility index (Phi) is 3.88. The summed E-state index contributed by atoms with van der Waals surface area (Å²) in [4.78, 5) is 0. The van der Waals surface area contributed by atoms with Crippen LogP contribution < -0.4 is 10.5 Å². The monoisotopic (exact) mass is 227 g/mol. The van der Waals surface area contributed by atoms with Crippen LogP contribution in [0.5, 0.6) is 5.75 Å². The van der Waals surface area contributed by atoms with E-state index in [4.69, 9.17) is 10.5 Å². The zero-order valence-electron chi connectivity index (χ0n) is 9.83. The van der Waals surface area contributed by atoms with Crippen molar-refractivity contribution < 1.29 is 14.2 Å². The van der Waals surface area contributed by atoms with E-state index in [1.165, 1.54) is 12.1 Å². The first-order valence-corrected chi connectivity index (χ1v) is 5.26. The minimum Gasteiger partial charge on any atom is -0.491 e. The van der Waals surface area contributed by atoms with Crippen molar-refractivity contribution in [1.29, 1.82) is 0 Å². The zero-order valence-corrected chi connectivity index (χ0v) is 9.83. The van der Waals surface area contributed by atoms with E-state index in [2.05, 4.69) is 0 Å². The van der Waals surface area contributed by atoms with Crippen LogP contribution in [0.25, 0.3) is 0 Å². The molecule has 0 radical (unpaired) electrons. The van der Waals surface area contributed by atoms with Crippen LogP contribution in [0.4, 0.5) is 4.39 Å². The lowest BCUT2D eigenvalue weighted by Gasteiger charge is -2.26. The summed E-state index contributed by atoms with van der Waals surface area (Å²) in [6, 6.07) is 3.86. The van der Waals surface area contributed by atoms with E-state index >= 15 is 0 Å². The van der Waals surface area contributed by atoms with E-state index < -0.39 is 17.5 Å². The van der Waals surface area contributed by atoms with Crippen LogP contribution in [0.2, 0.25) is 0 Å². The summed E-state index contributed by atoms with van der Waals surface area (Å²) in [6.07, 6.45) is 0. The van der Waals surface area contributed by atoms with Crippen molar-refractivity contribution in [2.75, 3.05) is 6.61 Å². The van der Waals surface area contributed by atoms with E-state index in [9.17, 15) is 9.50 Å². The summed E-state index contributed by atoms with van der Waals surface area (Å²) < 4.78 is 18.6. The second-order valence-electron chi connectivity index (χ2n) is 4.25. The summed E-state index contributed by atoms with van der Waals surface area (Å²) >= 11 is 0. The Morgan fingerprint density at radius 1 is 1.50 bits per heavy atom. The van der Waals surface area contributed by atoms with Gasteiger partial charge in [0.05, 0.1) is 18.2 Å². The number of rotatable bonds is 4. The molecule has 0 aliphatic carbocycles. The number of aliphatic hydroxyl groups is 1. The molecule has 3 N–H and O–H groups in total. The van der Waals surface area contributed by atoms with Crippen molar-refractivity contribution in [1.82, 2.24) is 0 Å². The quantitative estimate of drug-likeness (QED) is 0.827. The molecule has 0 saturated carbocycles. The van der Waals surface area contributed by atoms with Gasteiger partial charge in [-0.1, -0.05) is 6.07 Å². The first-order valence-electron chi connectivity index (χ1n) is 5.26. The average molecular weight is 227 g/mol. The Labute approximate surface area is 95.0 Å². The number of hydrogen-bond donors (Lipinski definition) is 2. The fourth-order valence-corrected chi connectivity index (χ4v) is 1.39. The molecular formula is C12H18FNO2. The van der Waals surface area contributed by atoms with Crippen LogP contribution in [0.1, 0.15) is 32.4 Å². The highest BCUT2D eigenvalue weighted by atomic mass is 19.1. The van der Waals surface area contributed by atoms with Crippen LogP contribution >= 0.6 is 0 Å². The topological polar surface area (TPSA) is 55.5 Å². The van der Waals surface area contributed by atoms with Crippen molar-refractivity contribution in [2.45, 2.75) is 32.4 Å². The fraction of sp³-hybridized carbons (Fsp3) is 0.500. The van der Waals surface area contributed by atoms with Crippen molar-refractivity contribution in [3.8, 4) is 5.75 Å². The third-order valence-corrected chi connectivity index (χ3v) is 2.38. The molecule has 0 aliphatic rings. The zero-order chi connectivity index (χ0) is 12.3. The normalized spacial score (nSPS) is 13.6. The van der Waals surface area contributed by atoms with Crippen molar-refractivity contribution >= 4 is 0 Å². The van der Waals surface area contributed by atoms with E-state index in [0.29, 0.717) is 12.2 Å². The van der Waals surface area contributed by atoms with Crippen LogP contribution in [-0.4, -0.2) is 17.3 Å². The van der Waals surface area contributed by atoms with Gasteiger partial charge in [-0.2, -0.15) is 0 Å². The van der Waals surface area contributed by atoms with Gasteiger partial charge in [-0.05, 0) is 38.5 Å². The van der Waals surface area contributed by atoms with Crippen LogP contribution in [0.15, 0.2) is 18.2 Å². The standard InChI is InChI=1S/C12H18FNO2/c1-4-16-10-6-5-8(7-9(10)13)11(14)12(2,3)15/h5-7,11,15H,4,14H2,1-3H3. The van der Waals surface area contributed by atoms with Crippen LogP contribution in [0.3, 0.4) is 0 Å². The Morgan fingerprint density at radius 2 is 2.12 bits per heavy atom. The molecule has 0 heterocycles. The molecule has 0 aromatic heterocycles. The number of nitrogens with two attached hydrogens (primary N) is 1. The maximum Gasteiger partial charge on any atom is 0.165 e. The summed E-state index contributed by atoms with van der Waals surface area (Å²) in [5.41, 5.74) is 5.27. The summed E-state index contributed by atoms with van der Waals surface area (Å²) in [5.74, 6) is -0.256. The van der Waals surface area contributed by atoms with Gasteiger partial charge in [0.1, 0.15) is 0 Å². The molecule has 0 bridgehead atoms. The molecule has 1 aromatic carbocycles. The van der Waals surface area contributed by atoms with Crippen LogP contribution in [-0.2, 0) is 0 Å². The van der Waals surface area contributed by atoms with E-state index in [1.54, 1.807) is 26.8 Å². The van der Waals surface area contributed by atoms with Crippen molar-refractivity contribution in [3.63, 3.8) is 0 Å². The average Bonchev–Trinajstić information content (AvgIpc) is 2.19. The summed E-state index contributed by atoms with van der Waals surface area (Å²) in [7, 11) is 0. The van der Waals surface area contributed by atoms with Gasteiger partial charge < -0.3 is 15.6 Å². The second-order valence-corrected chi connectivity index (χ2v) is 4.25. The predicted molar refractivity (Wildman–Crippen MR) is 60.8 cm³/mol. The van der Waals surface area contributed by atoms with Gasteiger partial charge in [0.25, 0.3) is 0 Å². The lowest BCUT2D eigenvalue weighted by molar-refractivity contribution is 0.0516. The molecular weight excluding hydrogens is 209 g/mol. The Morgan fingerprint density at radius 3 is 2.56 bits per heavy atom. The van der Waals surface area contributed by atoms with E-state index in [0.717, 1.165) is 0 Å². The van der Waals surface area contributed by atoms with Crippen LogP contribution in [0, 0.1) is 5.82 Å². The number of benzene rings is 1. The fourth-order valence-electron chi connectivity index (χ4n) is 1.39. The van der Waals surface area contributed by atoms with Gasteiger partial charge in [-0.25, -0.2) is 4.39 Å². The van der Waals surface area contributed by atoms with Gasteiger partial charge in [0.2, 0.25) is 0 Å². The summed E-state index contributed by atoms with van der Waals surface area (Å²) in [5, 5.41) is 9.72. The van der Waals surface area contributed by atoms with Gasteiger partial charge >= 0.3 is 0 Å². The molecule has 1 unspecified atom stereocenters. The van der Waals surface area contributed by atoms with E-state index in [1.807, 2.05) is 0 Å². The molecule has 16 heavy (non-hydrogen) atoms. The largest absolute Gasteiger partial charge is 0.491 e. The SMILES string of the molecule is CCOc1ccc(C(N)C(C)(C)O)cc1F. The second kappa shape index (κ2) is 4.80. The first-order chi connectivity index (χ1) is 7.36. The highest BCUT2D eigenvalue weighted by molar-refractivity contribution is 5.32. The molecule has 4 heteroatoms. The molecule has 0 saturated heterocycles. The number of hydrogen-bond acceptors (Lipinski definition) is 3.